The summed E-state index contributed by atoms with van der Waals surface area (Å²) in [4.78, 5) is 15.6. The van der Waals surface area contributed by atoms with Crippen LogP contribution in [0.5, 0.6) is 0 Å². The van der Waals surface area contributed by atoms with Crippen molar-refractivity contribution in [2.75, 3.05) is 11.1 Å². The number of nitriles is 2. The number of hydrogen-bond donors (Lipinski definition) is 2. The number of para-hydroxylation sites is 1. The number of benzene rings is 2. The summed E-state index contributed by atoms with van der Waals surface area (Å²) < 4.78 is 0. The maximum atomic E-state index is 12.8. The van der Waals surface area contributed by atoms with Crippen LogP contribution in [0.15, 0.2) is 65.7 Å². The standard InChI is InChI=1S/C22H17N5OS/c1-14(29-22-17(13-24)11-16(12-23)20(25)27-22)21(28)26-19-10-6-5-9-18(19)15-7-3-2-4-8-15/h2-11,14H,1H3,(H2,25,27)(H,26,28)/p+1/t14-/m0/s1. The number of pyridine rings is 1. The molecular formula is C22H18N5OS+. The van der Waals surface area contributed by atoms with Gasteiger partial charge in [0.15, 0.2) is 5.03 Å². The van der Waals surface area contributed by atoms with Crippen molar-refractivity contribution in [3.8, 4) is 23.3 Å². The molecule has 1 aromatic heterocycles. The first-order valence-electron chi connectivity index (χ1n) is 8.81. The Hall–Kier alpha value is -3.81. The van der Waals surface area contributed by atoms with Gasteiger partial charge in [0.1, 0.15) is 23.3 Å². The first-order chi connectivity index (χ1) is 14.0. The lowest BCUT2D eigenvalue weighted by Crippen LogP contribution is -2.25. The normalized spacial score (nSPS) is 11.1. The molecule has 0 spiro atoms. The Balaban J connectivity index is 1.81. The number of aromatic amines is 1. The van der Waals surface area contributed by atoms with Gasteiger partial charge in [0.2, 0.25) is 5.91 Å². The Labute approximate surface area is 173 Å². The molecule has 0 saturated heterocycles. The third kappa shape index (κ3) is 4.55. The zero-order valence-corrected chi connectivity index (χ0v) is 16.5. The second-order valence-corrected chi connectivity index (χ2v) is 7.58. The van der Waals surface area contributed by atoms with E-state index >= 15 is 0 Å². The van der Waals surface area contributed by atoms with Crippen molar-refractivity contribution in [3.05, 3.63) is 71.8 Å². The van der Waals surface area contributed by atoms with Gasteiger partial charge in [-0.25, -0.2) is 4.98 Å². The van der Waals surface area contributed by atoms with E-state index in [1.54, 1.807) is 6.92 Å². The zero-order chi connectivity index (χ0) is 20.8. The topological polar surface area (TPSA) is 117 Å². The first-order valence-corrected chi connectivity index (χ1v) is 9.69. The van der Waals surface area contributed by atoms with Crippen molar-refractivity contribution in [2.24, 2.45) is 0 Å². The molecule has 0 saturated carbocycles. The third-order valence-corrected chi connectivity index (χ3v) is 5.37. The highest BCUT2D eigenvalue weighted by Gasteiger charge is 2.22. The fourth-order valence-electron chi connectivity index (χ4n) is 2.74. The predicted molar refractivity (Wildman–Crippen MR) is 113 cm³/mol. The number of nitrogen functional groups attached to an aromatic ring is 1. The maximum Gasteiger partial charge on any atom is 0.289 e. The quantitative estimate of drug-likeness (QED) is 0.635. The van der Waals surface area contributed by atoms with Crippen molar-refractivity contribution in [1.29, 1.82) is 10.5 Å². The van der Waals surface area contributed by atoms with Gasteiger partial charge in [-0.15, -0.1) is 0 Å². The summed E-state index contributed by atoms with van der Waals surface area (Å²) in [6.45, 7) is 1.74. The molecule has 1 amide bonds. The fourth-order valence-corrected chi connectivity index (χ4v) is 3.66. The molecule has 0 aliphatic heterocycles. The molecule has 29 heavy (non-hydrogen) atoms. The number of aromatic nitrogens is 1. The molecule has 7 heteroatoms. The van der Waals surface area contributed by atoms with Crippen LogP contribution in [0.3, 0.4) is 0 Å². The number of anilines is 2. The smallest absolute Gasteiger partial charge is 0.289 e. The van der Waals surface area contributed by atoms with Crippen LogP contribution in [-0.4, -0.2) is 11.2 Å². The predicted octanol–water partition coefficient (Wildman–Crippen LogP) is 3.61. The number of carbonyl (C=O) groups is 1. The van der Waals surface area contributed by atoms with Crippen LogP contribution in [0, 0.1) is 22.7 Å². The van der Waals surface area contributed by atoms with E-state index in [2.05, 4.69) is 10.3 Å². The highest BCUT2D eigenvalue weighted by molar-refractivity contribution is 8.00. The van der Waals surface area contributed by atoms with E-state index in [9.17, 15) is 10.1 Å². The summed E-state index contributed by atoms with van der Waals surface area (Å²) in [5, 5.41) is 21.3. The average Bonchev–Trinajstić information content (AvgIpc) is 2.75. The summed E-state index contributed by atoms with van der Waals surface area (Å²) in [6, 6.07) is 22.8. The Kier molecular flexibility index (Phi) is 6.13. The van der Waals surface area contributed by atoms with Gasteiger partial charge < -0.3 is 5.32 Å². The second kappa shape index (κ2) is 8.92. The van der Waals surface area contributed by atoms with Gasteiger partial charge in [-0.3, -0.25) is 10.5 Å². The van der Waals surface area contributed by atoms with Crippen molar-refractivity contribution < 1.29 is 9.78 Å². The lowest BCUT2D eigenvalue weighted by molar-refractivity contribution is -0.410. The number of hydrogen-bond acceptors (Lipinski definition) is 5. The molecule has 4 N–H and O–H groups in total. The number of H-pyrrole nitrogens is 1. The van der Waals surface area contributed by atoms with Gasteiger partial charge in [0, 0.05) is 11.3 Å². The summed E-state index contributed by atoms with van der Waals surface area (Å²) in [5.41, 5.74) is 8.91. The van der Waals surface area contributed by atoms with Crippen LogP contribution < -0.4 is 16.0 Å². The molecule has 142 valence electrons. The molecule has 1 heterocycles. The lowest BCUT2D eigenvalue weighted by atomic mass is 10.0. The van der Waals surface area contributed by atoms with E-state index in [0.717, 1.165) is 11.1 Å². The average molecular weight is 400 g/mol. The van der Waals surface area contributed by atoms with Crippen LogP contribution >= 0.6 is 11.8 Å². The SMILES string of the molecule is C[C@H](Sc1[nH+]c(N)c(C#N)cc1C#N)C(=O)Nc1ccccc1-c1ccccc1. The van der Waals surface area contributed by atoms with Gasteiger partial charge >= 0.3 is 0 Å². The maximum absolute atomic E-state index is 12.8. The zero-order valence-electron chi connectivity index (χ0n) is 15.6. The summed E-state index contributed by atoms with van der Waals surface area (Å²) >= 11 is 1.18. The lowest BCUT2D eigenvalue weighted by Gasteiger charge is -2.14. The van der Waals surface area contributed by atoms with E-state index in [0.29, 0.717) is 10.7 Å². The van der Waals surface area contributed by atoms with Crippen molar-refractivity contribution in [1.82, 2.24) is 0 Å². The number of thioether (sulfide) groups is 1. The van der Waals surface area contributed by atoms with Gasteiger partial charge in [-0.05, 0) is 24.6 Å². The molecule has 3 rings (SSSR count). The van der Waals surface area contributed by atoms with Crippen molar-refractivity contribution in [2.45, 2.75) is 17.2 Å². The molecule has 3 aromatic rings. The van der Waals surface area contributed by atoms with E-state index in [1.807, 2.05) is 66.7 Å². The minimum Gasteiger partial charge on any atom is -0.325 e. The number of rotatable bonds is 5. The molecule has 2 aromatic carbocycles. The molecule has 0 aliphatic rings. The molecule has 1 atom stereocenters. The van der Waals surface area contributed by atoms with Gasteiger partial charge in [-0.2, -0.15) is 10.5 Å². The van der Waals surface area contributed by atoms with Crippen LogP contribution in [0.2, 0.25) is 0 Å². The fraction of sp³-hybridized carbons (Fsp3) is 0.0909. The Bertz CT molecular complexity index is 1130. The summed E-state index contributed by atoms with van der Waals surface area (Å²) in [6.07, 6.45) is 0. The van der Waals surface area contributed by atoms with Crippen LogP contribution in [0.25, 0.3) is 11.1 Å². The molecule has 0 bridgehead atoms. The minimum atomic E-state index is -0.505. The van der Waals surface area contributed by atoms with Crippen LogP contribution in [0.4, 0.5) is 11.5 Å². The monoisotopic (exact) mass is 400 g/mol. The van der Waals surface area contributed by atoms with Crippen LogP contribution in [0.1, 0.15) is 18.1 Å². The largest absolute Gasteiger partial charge is 0.325 e. The van der Waals surface area contributed by atoms with E-state index in [-0.39, 0.29) is 22.9 Å². The molecule has 0 radical (unpaired) electrons. The summed E-state index contributed by atoms with van der Waals surface area (Å²) in [7, 11) is 0. The highest BCUT2D eigenvalue weighted by Crippen LogP contribution is 2.29. The first kappa shape index (κ1) is 19.9. The second-order valence-electron chi connectivity index (χ2n) is 6.22. The molecule has 0 unspecified atom stereocenters. The van der Waals surface area contributed by atoms with Gasteiger partial charge in [-0.1, -0.05) is 60.3 Å². The van der Waals surface area contributed by atoms with Gasteiger partial charge in [0.25, 0.3) is 5.82 Å². The number of nitrogens with zero attached hydrogens (tertiary/aromatic N) is 2. The third-order valence-electron chi connectivity index (χ3n) is 4.25. The minimum absolute atomic E-state index is 0.163. The van der Waals surface area contributed by atoms with Crippen molar-refractivity contribution in [3.63, 3.8) is 0 Å². The van der Waals surface area contributed by atoms with E-state index < -0.39 is 5.25 Å². The van der Waals surface area contributed by atoms with Crippen molar-refractivity contribution >= 4 is 29.2 Å². The summed E-state index contributed by atoms with van der Waals surface area (Å²) in [5.74, 6) is -0.0466. The Morgan fingerprint density at radius 2 is 1.72 bits per heavy atom. The molecule has 6 nitrogen and oxygen atoms in total. The Morgan fingerprint density at radius 1 is 1.07 bits per heavy atom. The van der Waals surface area contributed by atoms with Gasteiger partial charge in [0.05, 0.1) is 5.25 Å². The number of nitrogens with one attached hydrogen (secondary N) is 2. The molecular weight excluding hydrogens is 382 g/mol. The van der Waals surface area contributed by atoms with Crippen LogP contribution in [-0.2, 0) is 4.79 Å². The highest BCUT2D eigenvalue weighted by atomic mass is 32.2. The number of nitrogens with two attached hydrogens (primary N) is 1. The van der Waals surface area contributed by atoms with E-state index in [4.69, 9.17) is 11.0 Å². The Morgan fingerprint density at radius 3 is 2.41 bits per heavy atom. The molecule has 0 fully saturated rings. The number of carbonyl (C=O) groups excluding carboxylic acids is 1. The van der Waals surface area contributed by atoms with E-state index in [1.165, 1.54) is 17.8 Å². The molecule has 0 aliphatic carbocycles. The number of amides is 1.